The lowest BCUT2D eigenvalue weighted by atomic mass is 10.2. The summed E-state index contributed by atoms with van der Waals surface area (Å²) in [6, 6.07) is 11.3. The molecule has 2 rings (SSSR count). The van der Waals surface area contributed by atoms with Gasteiger partial charge in [0.15, 0.2) is 6.61 Å². The number of anilines is 1. The maximum Gasteiger partial charge on any atom is 0.255 e. The van der Waals surface area contributed by atoms with Crippen LogP contribution in [-0.2, 0) is 11.3 Å². The molecule has 6 heteroatoms. The van der Waals surface area contributed by atoms with Gasteiger partial charge in [0, 0.05) is 22.8 Å². The minimum absolute atomic E-state index is 0.166. The molecule has 110 valence electrons. The Morgan fingerprint density at radius 2 is 1.95 bits per heavy atom. The van der Waals surface area contributed by atoms with Gasteiger partial charge in [-0.3, -0.25) is 4.79 Å². The fraction of sp³-hybridized carbons (Fsp3) is 0.133. The average Bonchev–Trinajstić information content (AvgIpc) is 2.47. The van der Waals surface area contributed by atoms with E-state index in [4.69, 9.17) is 22.1 Å². The first-order valence-electron chi connectivity index (χ1n) is 6.23. The third-order valence-corrected chi connectivity index (χ3v) is 2.96. The van der Waals surface area contributed by atoms with Crippen molar-refractivity contribution in [2.24, 2.45) is 5.73 Å². The average molecular weight is 309 g/mol. The van der Waals surface area contributed by atoms with Crippen molar-refractivity contribution in [3.8, 4) is 5.75 Å². The van der Waals surface area contributed by atoms with Gasteiger partial charge in [0.25, 0.3) is 5.91 Å². The van der Waals surface area contributed by atoms with Gasteiger partial charge in [0.1, 0.15) is 11.6 Å². The number of amides is 1. The molecule has 0 aliphatic carbocycles. The molecule has 0 radical (unpaired) electrons. The van der Waals surface area contributed by atoms with E-state index in [2.05, 4.69) is 5.32 Å². The molecule has 2 aromatic carbocycles. The molecule has 21 heavy (non-hydrogen) atoms. The normalized spacial score (nSPS) is 10.2. The molecule has 4 nitrogen and oxygen atoms in total. The molecule has 1 amide bonds. The van der Waals surface area contributed by atoms with E-state index in [1.54, 1.807) is 30.3 Å². The molecule has 0 saturated carbocycles. The Labute approximate surface area is 126 Å². The second kappa shape index (κ2) is 6.95. The monoisotopic (exact) mass is 308 g/mol. The van der Waals surface area contributed by atoms with Crippen molar-refractivity contribution < 1.29 is 13.9 Å². The molecule has 0 aromatic heterocycles. The van der Waals surface area contributed by atoms with Crippen LogP contribution in [0.25, 0.3) is 0 Å². The van der Waals surface area contributed by atoms with E-state index in [1.165, 1.54) is 12.1 Å². The molecule has 0 fully saturated rings. The quantitative estimate of drug-likeness (QED) is 0.862. The first-order valence-corrected chi connectivity index (χ1v) is 6.61. The molecule has 0 bridgehead atoms. The zero-order valence-corrected chi connectivity index (χ0v) is 11.9. The van der Waals surface area contributed by atoms with Gasteiger partial charge in [-0.05, 0) is 42.5 Å². The molecule has 3 N–H and O–H groups in total. The SMILES string of the molecule is NC(=O)COc1ccc(NCc2cc(Cl)ccc2F)cc1. The van der Waals surface area contributed by atoms with Crippen molar-refractivity contribution in [3.05, 3.63) is 58.9 Å². The number of nitrogens with two attached hydrogens (primary N) is 1. The third-order valence-electron chi connectivity index (χ3n) is 2.73. The fourth-order valence-corrected chi connectivity index (χ4v) is 1.89. The number of carbonyl (C=O) groups is 1. The van der Waals surface area contributed by atoms with E-state index in [9.17, 15) is 9.18 Å². The summed E-state index contributed by atoms with van der Waals surface area (Å²) in [6.07, 6.45) is 0. The highest BCUT2D eigenvalue weighted by molar-refractivity contribution is 6.30. The molecule has 0 aliphatic rings. The van der Waals surface area contributed by atoms with Crippen LogP contribution in [0.3, 0.4) is 0 Å². The van der Waals surface area contributed by atoms with Crippen LogP contribution < -0.4 is 15.8 Å². The summed E-state index contributed by atoms with van der Waals surface area (Å²) in [5, 5.41) is 3.56. The maximum atomic E-state index is 13.6. The van der Waals surface area contributed by atoms with Crippen LogP contribution in [-0.4, -0.2) is 12.5 Å². The van der Waals surface area contributed by atoms with Crippen LogP contribution >= 0.6 is 11.6 Å². The zero-order valence-electron chi connectivity index (χ0n) is 11.1. The van der Waals surface area contributed by atoms with E-state index in [-0.39, 0.29) is 12.4 Å². The van der Waals surface area contributed by atoms with Crippen LogP contribution in [0.15, 0.2) is 42.5 Å². The summed E-state index contributed by atoms with van der Waals surface area (Å²) < 4.78 is 18.7. The van der Waals surface area contributed by atoms with Gasteiger partial charge in [-0.1, -0.05) is 11.6 Å². The van der Waals surface area contributed by atoms with E-state index in [0.29, 0.717) is 22.9 Å². The van der Waals surface area contributed by atoms with Crippen molar-refractivity contribution in [2.75, 3.05) is 11.9 Å². The summed E-state index contributed by atoms with van der Waals surface area (Å²) >= 11 is 5.83. The van der Waals surface area contributed by atoms with E-state index >= 15 is 0 Å². The van der Waals surface area contributed by atoms with Gasteiger partial charge in [0.05, 0.1) is 0 Å². The second-order valence-electron chi connectivity index (χ2n) is 4.37. The Morgan fingerprint density at radius 1 is 1.24 bits per heavy atom. The largest absolute Gasteiger partial charge is 0.484 e. The first kappa shape index (κ1) is 15.1. The smallest absolute Gasteiger partial charge is 0.255 e. The van der Waals surface area contributed by atoms with Gasteiger partial charge in [0.2, 0.25) is 0 Å². The predicted octanol–water partition coefficient (Wildman–Crippen LogP) is 2.96. The Balaban J connectivity index is 1.94. The van der Waals surface area contributed by atoms with Gasteiger partial charge in [-0.2, -0.15) is 0 Å². The highest BCUT2D eigenvalue weighted by Crippen LogP contribution is 2.19. The molecule has 0 atom stereocenters. The summed E-state index contributed by atoms with van der Waals surface area (Å²) in [5.74, 6) is -0.310. The Bertz CT molecular complexity index is 632. The zero-order chi connectivity index (χ0) is 15.2. The first-order chi connectivity index (χ1) is 10.0. The molecular formula is C15H14ClFN2O2. The number of nitrogens with one attached hydrogen (secondary N) is 1. The summed E-state index contributed by atoms with van der Waals surface area (Å²) in [6.45, 7) is 0.147. The molecular weight excluding hydrogens is 295 g/mol. The maximum absolute atomic E-state index is 13.6. The number of rotatable bonds is 6. The van der Waals surface area contributed by atoms with Crippen molar-refractivity contribution in [1.82, 2.24) is 0 Å². The lowest BCUT2D eigenvalue weighted by molar-refractivity contribution is -0.119. The number of carbonyl (C=O) groups excluding carboxylic acids is 1. The second-order valence-corrected chi connectivity index (χ2v) is 4.81. The summed E-state index contributed by atoms with van der Waals surface area (Å²) in [4.78, 5) is 10.6. The number of halogens is 2. The van der Waals surface area contributed by atoms with Crippen molar-refractivity contribution in [2.45, 2.75) is 6.54 Å². The van der Waals surface area contributed by atoms with Crippen molar-refractivity contribution in [1.29, 1.82) is 0 Å². The van der Waals surface area contributed by atoms with Crippen LogP contribution in [0, 0.1) is 5.82 Å². The Hall–Kier alpha value is -2.27. The minimum atomic E-state index is -0.534. The van der Waals surface area contributed by atoms with Crippen LogP contribution in [0.1, 0.15) is 5.56 Å². The summed E-state index contributed by atoms with van der Waals surface area (Å²) in [5.41, 5.74) is 6.26. The standard InChI is InChI=1S/C15H14ClFN2O2/c16-11-1-6-14(17)10(7-11)8-19-12-2-4-13(5-3-12)21-9-15(18)20/h1-7,19H,8-9H2,(H2,18,20). The molecule has 0 aliphatic heterocycles. The Kier molecular flexibility index (Phi) is 5.00. The molecule has 0 heterocycles. The Morgan fingerprint density at radius 3 is 2.62 bits per heavy atom. The van der Waals surface area contributed by atoms with Gasteiger partial charge in [-0.15, -0.1) is 0 Å². The molecule has 0 saturated heterocycles. The van der Waals surface area contributed by atoms with Crippen molar-refractivity contribution >= 4 is 23.2 Å². The van der Waals surface area contributed by atoms with E-state index in [0.717, 1.165) is 5.69 Å². The highest BCUT2D eigenvalue weighted by Gasteiger charge is 2.03. The van der Waals surface area contributed by atoms with Crippen LogP contribution in [0.5, 0.6) is 5.75 Å². The lowest BCUT2D eigenvalue weighted by Crippen LogP contribution is -2.19. The number of primary amides is 1. The fourth-order valence-electron chi connectivity index (χ4n) is 1.70. The number of benzene rings is 2. The van der Waals surface area contributed by atoms with Crippen LogP contribution in [0.2, 0.25) is 5.02 Å². The number of hydrogen-bond acceptors (Lipinski definition) is 3. The lowest BCUT2D eigenvalue weighted by Gasteiger charge is -2.09. The highest BCUT2D eigenvalue weighted by atomic mass is 35.5. The third kappa shape index (κ3) is 4.65. The van der Waals surface area contributed by atoms with Gasteiger partial charge >= 0.3 is 0 Å². The van der Waals surface area contributed by atoms with E-state index < -0.39 is 5.91 Å². The van der Waals surface area contributed by atoms with Crippen LogP contribution in [0.4, 0.5) is 10.1 Å². The molecule has 0 unspecified atom stereocenters. The topological polar surface area (TPSA) is 64.4 Å². The summed E-state index contributed by atoms with van der Waals surface area (Å²) in [7, 11) is 0. The van der Waals surface area contributed by atoms with E-state index in [1.807, 2.05) is 0 Å². The van der Waals surface area contributed by atoms with Gasteiger partial charge in [-0.25, -0.2) is 4.39 Å². The van der Waals surface area contributed by atoms with Crippen molar-refractivity contribution in [3.63, 3.8) is 0 Å². The molecule has 0 spiro atoms. The number of hydrogen-bond donors (Lipinski definition) is 2. The van der Waals surface area contributed by atoms with Gasteiger partial charge < -0.3 is 15.8 Å². The predicted molar refractivity (Wildman–Crippen MR) is 79.9 cm³/mol. The molecule has 2 aromatic rings. The minimum Gasteiger partial charge on any atom is -0.484 e. The number of ether oxygens (including phenoxy) is 1.